The van der Waals surface area contributed by atoms with Crippen LogP contribution in [-0.4, -0.2) is 22.8 Å². The predicted octanol–water partition coefficient (Wildman–Crippen LogP) is 3.22. The highest BCUT2D eigenvalue weighted by Crippen LogP contribution is 2.29. The Hall–Kier alpha value is -2.25. The summed E-state index contributed by atoms with van der Waals surface area (Å²) in [6.07, 6.45) is 3.60. The van der Waals surface area contributed by atoms with Crippen molar-refractivity contribution in [3.8, 4) is 11.3 Å². The maximum absolute atomic E-state index is 12.2. The van der Waals surface area contributed by atoms with E-state index in [1.165, 1.54) is 18.3 Å². The summed E-state index contributed by atoms with van der Waals surface area (Å²) in [7, 11) is 0. The van der Waals surface area contributed by atoms with Crippen molar-refractivity contribution in [1.82, 2.24) is 4.98 Å². The molecule has 0 unspecified atom stereocenters. The molecule has 0 bridgehead atoms. The molecule has 1 aliphatic rings. The summed E-state index contributed by atoms with van der Waals surface area (Å²) in [6, 6.07) is 7.58. The van der Waals surface area contributed by atoms with Gasteiger partial charge in [-0.15, -0.1) is 11.3 Å². The number of nitrogens with one attached hydrogen (secondary N) is 2. The van der Waals surface area contributed by atoms with Crippen LogP contribution in [0.1, 0.15) is 32.6 Å². The smallest absolute Gasteiger partial charge is 0.226 e. The number of hydrogen-bond acceptors (Lipinski definition) is 5. The van der Waals surface area contributed by atoms with Gasteiger partial charge in [0.1, 0.15) is 0 Å². The number of nitrogens with zero attached hydrogens (tertiary/aromatic N) is 1. The van der Waals surface area contributed by atoms with Gasteiger partial charge in [0.05, 0.1) is 5.69 Å². The number of rotatable bonds is 5. The molecule has 1 aromatic carbocycles. The molecule has 7 heteroatoms. The first-order valence-corrected chi connectivity index (χ1v) is 9.28. The third-order valence-electron chi connectivity index (χ3n) is 4.42. The van der Waals surface area contributed by atoms with E-state index in [0.29, 0.717) is 11.6 Å². The molecule has 0 radical (unpaired) electrons. The molecular weight excluding hydrogens is 336 g/mol. The van der Waals surface area contributed by atoms with Gasteiger partial charge < -0.3 is 16.4 Å². The van der Waals surface area contributed by atoms with Gasteiger partial charge in [0.25, 0.3) is 0 Å². The zero-order valence-corrected chi connectivity index (χ0v) is 14.9. The molecule has 2 amide bonds. The number of nitrogens with two attached hydrogens (primary N) is 1. The molecule has 1 heterocycles. The van der Waals surface area contributed by atoms with Crippen LogP contribution in [0, 0.1) is 5.92 Å². The van der Waals surface area contributed by atoms with Gasteiger partial charge in [0.15, 0.2) is 5.13 Å². The van der Waals surface area contributed by atoms with Crippen LogP contribution in [0.5, 0.6) is 0 Å². The molecule has 132 valence electrons. The summed E-state index contributed by atoms with van der Waals surface area (Å²) in [5.74, 6) is 0.151. The third kappa shape index (κ3) is 4.64. The van der Waals surface area contributed by atoms with Crippen LogP contribution >= 0.6 is 11.3 Å². The molecule has 4 N–H and O–H groups in total. The van der Waals surface area contributed by atoms with Gasteiger partial charge in [-0.05, 0) is 30.9 Å². The van der Waals surface area contributed by atoms with E-state index in [0.717, 1.165) is 36.2 Å². The number of hydrogen-bond donors (Lipinski definition) is 3. The Morgan fingerprint density at radius 3 is 2.64 bits per heavy atom. The summed E-state index contributed by atoms with van der Waals surface area (Å²) in [5, 5.41) is 8.10. The number of carbonyl (C=O) groups excluding carboxylic acids is 2. The van der Waals surface area contributed by atoms with Crippen LogP contribution in [-0.2, 0) is 9.59 Å². The average molecular weight is 358 g/mol. The molecular formula is C18H22N4O2S. The molecule has 0 aliphatic heterocycles. The van der Waals surface area contributed by atoms with E-state index >= 15 is 0 Å². The number of carbonyl (C=O) groups is 2. The molecule has 1 aliphatic carbocycles. The summed E-state index contributed by atoms with van der Waals surface area (Å²) >= 11 is 1.40. The fraction of sp³-hybridized carbons (Fsp3) is 0.389. The Morgan fingerprint density at radius 1 is 1.24 bits per heavy atom. The van der Waals surface area contributed by atoms with Crippen LogP contribution in [0.3, 0.4) is 0 Å². The molecule has 25 heavy (non-hydrogen) atoms. The predicted molar refractivity (Wildman–Crippen MR) is 100 cm³/mol. The Labute approximate surface area is 150 Å². The van der Waals surface area contributed by atoms with Crippen LogP contribution in [0.4, 0.5) is 10.8 Å². The highest BCUT2D eigenvalue weighted by Gasteiger charge is 2.26. The molecule has 0 saturated heterocycles. The van der Waals surface area contributed by atoms with E-state index in [2.05, 4.69) is 15.6 Å². The lowest BCUT2D eigenvalue weighted by atomic mass is 10.00. The molecule has 1 aromatic heterocycles. The van der Waals surface area contributed by atoms with Gasteiger partial charge in [-0.2, -0.15) is 0 Å². The molecule has 0 spiro atoms. The summed E-state index contributed by atoms with van der Waals surface area (Å²) in [4.78, 5) is 27.7. The highest BCUT2D eigenvalue weighted by molar-refractivity contribution is 7.14. The van der Waals surface area contributed by atoms with Crippen molar-refractivity contribution >= 4 is 34.0 Å². The minimum Gasteiger partial charge on any atom is -0.327 e. The van der Waals surface area contributed by atoms with Crippen LogP contribution < -0.4 is 16.4 Å². The quantitative estimate of drug-likeness (QED) is 0.764. The summed E-state index contributed by atoms with van der Waals surface area (Å²) in [6.45, 7) is 1.47. The maximum atomic E-state index is 12.2. The molecule has 2 aromatic rings. The fourth-order valence-electron chi connectivity index (χ4n) is 3.12. The van der Waals surface area contributed by atoms with E-state index in [1.54, 1.807) is 0 Å². The van der Waals surface area contributed by atoms with E-state index in [4.69, 9.17) is 5.73 Å². The van der Waals surface area contributed by atoms with Crippen LogP contribution in [0.2, 0.25) is 0 Å². The van der Waals surface area contributed by atoms with E-state index in [9.17, 15) is 9.59 Å². The van der Waals surface area contributed by atoms with Crippen molar-refractivity contribution in [3.05, 3.63) is 29.6 Å². The van der Waals surface area contributed by atoms with Crippen molar-refractivity contribution in [2.45, 2.75) is 38.6 Å². The van der Waals surface area contributed by atoms with E-state index in [1.807, 2.05) is 29.6 Å². The Balaban J connectivity index is 1.60. The number of anilines is 2. The lowest BCUT2D eigenvalue weighted by Crippen LogP contribution is -2.28. The first-order valence-electron chi connectivity index (χ1n) is 8.40. The van der Waals surface area contributed by atoms with Gasteiger partial charge in [-0.3, -0.25) is 9.59 Å². The van der Waals surface area contributed by atoms with E-state index in [-0.39, 0.29) is 23.8 Å². The lowest BCUT2D eigenvalue weighted by Gasteiger charge is -2.13. The molecule has 3 rings (SSSR count). The molecule has 1 saturated carbocycles. The summed E-state index contributed by atoms with van der Waals surface area (Å²) < 4.78 is 0. The van der Waals surface area contributed by atoms with Gasteiger partial charge in [0, 0.05) is 36.0 Å². The first-order chi connectivity index (χ1) is 12.0. The molecule has 2 atom stereocenters. The van der Waals surface area contributed by atoms with Crippen molar-refractivity contribution in [2.24, 2.45) is 11.7 Å². The topological polar surface area (TPSA) is 97.1 Å². The zero-order valence-electron chi connectivity index (χ0n) is 14.1. The largest absolute Gasteiger partial charge is 0.327 e. The second kappa shape index (κ2) is 7.76. The minimum atomic E-state index is -0.103. The minimum absolute atomic E-state index is 0.0238. The Kier molecular flexibility index (Phi) is 5.45. The Bertz CT molecular complexity index is 757. The number of thiazole rings is 1. The van der Waals surface area contributed by atoms with Crippen molar-refractivity contribution in [2.75, 3.05) is 10.6 Å². The van der Waals surface area contributed by atoms with Crippen molar-refractivity contribution in [3.63, 3.8) is 0 Å². The molecule has 1 fully saturated rings. The maximum Gasteiger partial charge on any atom is 0.226 e. The Morgan fingerprint density at radius 2 is 2.00 bits per heavy atom. The molecule has 6 nitrogen and oxygen atoms in total. The second-order valence-corrected chi connectivity index (χ2v) is 7.26. The lowest BCUT2D eigenvalue weighted by molar-refractivity contribution is -0.117. The number of benzene rings is 1. The standard InChI is InChI=1S/C18H22N4O2S/c1-11(23)20-14-7-5-12(6-8-14)16-10-25-18(21-16)22-17(24)9-13-3-2-4-15(13)19/h5-8,10,13,15H,2-4,9,19H2,1H3,(H,20,23)(H,21,22,24)/t13-,15+/m0/s1. The fourth-order valence-corrected chi connectivity index (χ4v) is 3.85. The number of aromatic nitrogens is 1. The highest BCUT2D eigenvalue weighted by atomic mass is 32.1. The van der Waals surface area contributed by atoms with Gasteiger partial charge in [0.2, 0.25) is 11.8 Å². The first kappa shape index (κ1) is 17.6. The van der Waals surface area contributed by atoms with Gasteiger partial charge >= 0.3 is 0 Å². The third-order valence-corrected chi connectivity index (χ3v) is 5.17. The van der Waals surface area contributed by atoms with Crippen molar-refractivity contribution in [1.29, 1.82) is 0 Å². The van der Waals surface area contributed by atoms with E-state index < -0.39 is 0 Å². The monoisotopic (exact) mass is 358 g/mol. The van der Waals surface area contributed by atoms with Gasteiger partial charge in [-0.1, -0.05) is 18.6 Å². The summed E-state index contributed by atoms with van der Waals surface area (Å²) in [5.41, 5.74) is 8.50. The average Bonchev–Trinajstić information content (AvgIpc) is 3.17. The van der Waals surface area contributed by atoms with Gasteiger partial charge in [-0.25, -0.2) is 4.98 Å². The SMILES string of the molecule is CC(=O)Nc1ccc(-c2csc(NC(=O)C[C@@H]3CCC[C@H]3N)n2)cc1. The normalized spacial score (nSPS) is 19.6. The van der Waals surface area contributed by atoms with Crippen molar-refractivity contribution < 1.29 is 9.59 Å². The zero-order chi connectivity index (χ0) is 17.8. The number of amides is 2. The van der Waals surface area contributed by atoms with Crippen LogP contribution in [0.25, 0.3) is 11.3 Å². The second-order valence-electron chi connectivity index (χ2n) is 6.40. The van der Waals surface area contributed by atoms with Crippen LogP contribution in [0.15, 0.2) is 29.6 Å².